The van der Waals surface area contributed by atoms with E-state index in [-0.39, 0.29) is 29.1 Å². The van der Waals surface area contributed by atoms with Crippen molar-refractivity contribution in [2.75, 3.05) is 44.2 Å². The number of anilines is 1. The van der Waals surface area contributed by atoms with Crippen molar-refractivity contribution >= 4 is 39.7 Å². The highest BCUT2D eigenvalue weighted by Gasteiger charge is 2.29. The maximum atomic E-state index is 15.0. The molecule has 1 N–H and O–H groups in total. The summed E-state index contributed by atoms with van der Waals surface area (Å²) < 4.78 is 26.3. The molecule has 1 aliphatic heterocycles. The van der Waals surface area contributed by atoms with Gasteiger partial charge in [0.25, 0.3) is 0 Å². The number of nitrogens with one attached hydrogen (secondary N) is 1. The fourth-order valence-corrected chi connectivity index (χ4v) is 6.44. The van der Waals surface area contributed by atoms with Crippen molar-refractivity contribution in [3.05, 3.63) is 94.4 Å². The first kappa shape index (κ1) is 30.2. The van der Waals surface area contributed by atoms with E-state index < -0.39 is 11.8 Å². The van der Waals surface area contributed by atoms with Crippen LogP contribution in [0.15, 0.2) is 72.4 Å². The van der Waals surface area contributed by atoms with Crippen LogP contribution < -0.4 is 9.64 Å². The van der Waals surface area contributed by atoms with Crippen LogP contribution in [-0.2, 0) is 4.74 Å². The van der Waals surface area contributed by atoms with Crippen LogP contribution in [0.25, 0.3) is 16.5 Å². The highest BCUT2D eigenvalue weighted by atomic mass is 35.5. The highest BCUT2D eigenvalue weighted by Crippen LogP contribution is 2.43. The molecule has 1 aliphatic carbocycles. The third-order valence-corrected chi connectivity index (χ3v) is 9.07. The molecule has 2 aliphatic rings. The molecule has 44 heavy (non-hydrogen) atoms. The molecule has 0 atom stereocenters. The molecule has 0 radical (unpaired) electrons. The fourth-order valence-electron chi connectivity index (χ4n) is 6.32. The van der Waals surface area contributed by atoms with Gasteiger partial charge >= 0.3 is 5.97 Å². The maximum absolute atomic E-state index is 15.0. The standard InChI is InChI=1S/C36H39ClFN3O3/c1-4-43-35(42)29-10-9-28(20-33(29)44-34-19-25-12-14-39-32(25)21-31(34)38)41-17-15-40(16-18-41)23-26-11-13-36(2,3)22-30(26)24-5-7-27(37)8-6-24/h5-10,12,14,19-21,39H,4,11,13,15-18,22-23H2,1-3H3. The number of H-pyrrole nitrogens is 1. The molecule has 1 saturated heterocycles. The summed E-state index contributed by atoms with van der Waals surface area (Å²) in [5.74, 6) is -0.667. The number of nitrogens with zero attached hydrogens (tertiary/aromatic N) is 2. The third-order valence-electron chi connectivity index (χ3n) is 8.82. The minimum Gasteiger partial charge on any atom is -0.462 e. The molecule has 0 spiro atoms. The summed E-state index contributed by atoms with van der Waals surface area (Å²) in [5.41, 5.74) is 6.42. The Morgan fingerprint density at radius 3 is 2.52 bits per heavy atom. The van der Waals surface area contributed by atoms with Crippen molar-refractivity contribution < 1.29 is 18.7 Å². The van der Waals surface area contributed by atoms with Gasteiger partial charge < -0.3 is 19.4 Å². The molecule has 0 unspecified atom stereocenters. The van der Waals surface area contributed by atoms with Gasteiger partial charge in [-0.15, -0.1) is 0 Å². The predicted molar refractivity (Wildman–Crippen MR) is 175 cm³/mol. The van der Waals surface area contributed by atoms with Gasteiger partial charge in [0.05, 0.1) is 6.61 Å². The molecule has 3 aromatic carbocycles. The Morgan fingerprint density at radius 2 is 1.77 bits per heavy atom. The van der Waals surface area contributed by atoms with Gasteiger partial charge in [-0.3, -0.25) is 4.90 Å². The number of carbonyl (C=O) groups is 1. The zero-order valence-corrected chi connectivity index (χ0v) is 26.3. The summed E-state index contributed by atoms with van der Waals surface area (Å²) in [6, 6.07) is 18.6. The monoisotopic (exact) mass is 615 g/mol. The molecule has 1 aromatic heterocycles. The van der Waals surface area contributed by atoms with Gasteiger partial charge in [-0.2, -0.15) is 0 Å². The van der Waals surface area contributed by atoms with Crippen molar-refractivity contribution in [1.82, 2.24) is 9.88 Å². The van der Waals surface area contributed by atoms with E-state index in [0.717, 1.165) is 61.7 Å². The second-order valence-corrected chi connectivity index (χ2v) is 13.0. The molecule has 6 rings (SSSR count). The van der Waals surface area contributed by atoms with Gasteiger partial charge in [0.2, 0.25) is 0 Å². The number of fused-ring (bicyclic) bond motifs is 1. The Kier molecular flexibility index (Phi) is 8.70. The molecular weight excluding hydrogens is 577 g/mol. The summed E-state index contributed by atoms with van der Waals surface area (Å²) in [6.45, 7) is 11.2. The van der Waals surface area contributed by atoms with E-state index >= 15 is 0 Å². The quantitative estimate of drug-likeness (QED) is 0.201. The van der Waals surface area contributed by atoms with Gasteiger partial charge in [0.1, 0.15) is 11.3 Å². The molecule has 0 bridgehead atoms. The lowest BCUT2D eigenvalue weighted by atomic mass is 9.72. The highest BCUT2D eigenvalue weighted by molar-refractivity contribution is 6.30. The number of aromatic amines is 1. The number of esters is 1. The van der Waals surface area contributed by atoms with Crippen LogP contribution in [0.1, 0.15) is 56.0 Å². The number of halogens is 2. The number of rotatable bonds is 8. The van der Waals surface area contributed by atoms with Crippen LogP contribution in [0.4, 0.5) is 10.1 Å². The van der Waals surface area contributed by atoms with Crippen LogP contribution in [0.5, 0.6) is 11.5 Å². The zero-order chi connectivity index (χ0) is 30.8. The number of hydrogen-bond donors (Lipinski definition) is 1. The lowest BCUT2D eigenvalue weighted by Crippen LogP contribution is -2.47. The second-order valence-electron chi connectivity index (χ2n) is 12.5. The van der Waals surface area contributed by atoms with Crippen LogP contribution >= 0.6 is 11.6 Å². The van der Waals surface area contributed by atoms with Crippen molar-refractivity contribution in [2.45, 2.75) is 40.0 Å². The van der Waals surface area contributed by atoms with E-state index in [2.05, 4.69) is 40.8 Å². The molecule has 0 amide bonds. The molecule has 2 heterocycles. The van der Waals surface area contributed by atoms with Gasteiger partial charge in [-0.1, -0.05) is 43.2 Å². The predicted octanol–water partition coefficient (Wildman–Crippen LogP) is 8.72. The number of piperazine rings is 1. The fraction of sp³-hybridized carbons (Fsp3) is 0.361. The second kappa shape index (κ2) is 12.7. The number of ether oxygens (including phenoxy) is 2. The normalized spacial score (nSPS) is 17.2. The van der Waals surface area contributed by atoms with Crippen molar-refractivity contribution in [3.8, 4) is 11.5 Å². The van der Waals surface area contributed by atoms with Gasteiger partial charge in [-0.25, -0.2) is 9.18 Å². The minimum atomic E-state index is -0.507. The van der Waals surface area contributed by atoms with E-state index in [9.17, 15) is 9.18 Å². The maximum Gasteiger partial charge on any atom is 0.341 e. The topological polar surface area (TPSA) is 57.8 Å². The lowest BCUT2D eigenvalue weighted by Gasteiger charge is -2.39. The molecule has 4 aromatic rings. The average molecular weight is 616 g/mol. The van der Waals surface area contributed by atoms with Gasteiger partial charge in [0.15, 0.2) is 11.6 Å². The summed E-state index contributed by atoms with van der Waals surface area (Å²) in [5, 5.41) is 1.58. The first-order valence-corrected chi connectivity index (χ1v) is 15.8. The Hall–Kier alpha value is -3.81. The van der Waals surface area contributed by atoms with E-state index in [0.29, 0.717) is 5.52 Å². The molecule has 1 fully saturated rings. The van der Waals surface area contributed by atoms with Gasteiger partial charge in [0, 0.05) is 72.7 Å². The number of allylic oxidation sites excluding steroid dienone is 1. The smallest absolute Gasteiger partial charge is 0.341 e. The molecular formula is C36H39ClFN3O3. The van der Waals surface area contributed by atoms with E-state index in [1.807, 2.05) is 30.3 Å². The Balaban J connectivity index is 1.20. The van der Waals surface area contributed by atoms with Gasteiger partial charge in [-0.05, 0) is 79.1 Å². The molecule has 6 nitrogen and oxygen atoms in total. The average Bonchev–Trinajstić information content (AvgIpc) is 3.46. The number of carbonyl (C=O) groups excluding carboxylic acids is 1. The Labute approximate surface area is 263 Å². The van der Waals surface area contributed by atoms with Crippen molar-refractivity contribution in [2.24, 2.45) is 5.41 Å². The molecule has 0 saturated carbocycles. The summed E-state index contributed by atoms with van der Waals surface area (Å²) in [7, 11) is 0. The van der Waals surface area contributed by atoms with Crippen LogP contribution in [0.2, 0.25) is 5.02 Å². The lowest BCUT2D eigenvalue weighted by molar-refractivity contribution is 0.0523. The van der Waals surface area contributed by atoms with Crippen molar-refractivity contribution in [3.63, 3.8) is 0 Å². The third kappa shape index (κ3) is 6.64. The number of aromatic nitrogens is 1. The number of benzene rings is 3. The summed E-state index contributed by atoms with van der Waals surface area (Å²) >= 11 is 6.20. The Bertz CT molecular complexity index is 1690. The van der Waals surface area contributed by atoms with Crippen LogP contribution in [-0.4, -0.2) is 55.2 Å². The largest absolute Gasteiger partial charge is 0.462 e. The zero-order valence-electron chi connectivity index (χ0n) is 25.6. The first-order valence-electron chi connectivity index (χ1n) is 15.4. The molecule has 8 heteroatoms. The van der Waals surface area contributed by atoms with E-state index in [1.54, 1.807) is 25.3 Å². The number of hydrogen-bond acceptors (Lipinski definition) is 5. The van der Waals surface area contributed by atoms with Crippen LogP contribution in [0.3, 0.4) is 0 Å². The SMILES string of the molecule is CCOC(=O)c1ccc(N2CCN(CC3=C(c4ccc(Cl)cc4)CC(C)(C)CC3)CC2)cc1Oc1cc2cc[nH]c2cc1F. The molecule has 230 valence electrons. The minimum absolute atomic E-state index is 0.0602. The summed E-state index contributed by atoms with van der Waals surface area (Å²) in [6.07, 6.45) is 5.11. The van der Waals surface area contributed by atoms with E-state index in [4.69, 9.17) is 21.1 Å². The van der Waals surface area contributed by atoms with Crippen LogP contribution in [0, 0.1) is 11.2 Å². The summed E-state index contributed by atoms with van der Waals surface area (Å²) in [4.78, 5) is 20.6. The van der Waals surface area contributed by atoms with E-state index in [1.165, 1.54) is 29.2 Å². The van der Waals surface area contributed by atoms with Crippen molar-refractivity contribution in [1.29, 1.82) is 0 Å². The Morgan fingerprint density at radius 1 is 1.00 bits per heavy atom. The first-order chi connectivity index (χ1) is 21.2.